The number of nitrogens with zero attached hydrogens (tertiary/aromatic N) is 3. The van der Waals surface area contributed by atoms with Crippen LogP contribution in [0.2, 0.25) is 0 Å². The van der Waals surface area contributed by atoms with E-state index >= 15 is 0 Å². The summed E-state index contributed by atoms with van der Waals surface area (Å²) in [6, 6.07) is 0. The summed E-state index contributed by atoms with van der Waals surface area (Å²) < 4.78 is 5.34. The molecule has 2 aliphatic rings. The van der Waals surface area contributed by atoms with Crippen molar-refractivity contribution in [2.45, 2.75) is 19.8 Å². The maximum absolute atomic E-state index is 12.2. The van der Waals surface area contributed by atoms with Crippen molar-refractivity contribution in [2.75, 3.05) is 59.0 Å². The summed E-state index contributed by atoms with van der Waals surface area (Å²) in [6.07, 6.45) is 2.25. The summed E-state index contributed by atoms with van der Waals surface area (Å²) >= 11 is 0. The van der Waals surface area contributed by atoms with E-state index in [1.54, 1.807) is 4.90 Å². The van der Waals surface area contributed by atoms with Crippen molar-refractivity contribution in [3.63, 3.8) is 0 Å². The van der Waals surface area contributed by atoms with E-state index in [1.165, 1.54) is 0 Å². The van der Waals surface area contributed by atoms with Crippen LogP contribution in [-0.2, 0) is 23.9 Å². The fourth-order valence-electron chi connectivity index (χ4n) is 2.83. The summed E-state index contributed by atoms with van der Waals surface area (Å²) in [5.41, 5.74) is 0. The molecule has 10 nitrogen and oxygen atoms in total. The predicted molar refractivity (Wildman–Crippen MR) is 94.5 cm³/mol. The first kappa shape index (κ1) is 23.6. The first-order chi connectivity index (χ1) is 13.3. The highest BCUT2D eigenvalue weighted by molar-refractivity contribution is 5.87. The zero-order valence-electron chi connectivity index (χ0n) is 16.1. The molecule has 2 amide bonds. The van der Waals surface area contributed by atoms with Gasteiger partial charge >= 0.3 is 0 Å². The van der Waals surface area contributed by atoms with E-state index in [4.69, 9.17) is 4.74 Å². The number of carboxylic acids is 2. The van der Waals surface area contributed by atoms with Gasteiger partial charge in [-0.25, -0.2) is 0 Å². The van der Waals surface area contributed by atoms with Crippen LogP contribution in [-0.4, -0.2) is 97.5 Å². The molecule has 0 unspecified atom stereocenters. The highest BCUT2D eigenvalue weighted by Gasteiger charge is 2.26. The van der Waals surface area contributed by atoms with Crippen molar-refractivity contribution in [2.24, 2.45) is 0 Å². The number of carbonyl (C=O) groups excluding carboxylic acids is 4. The Bertz CT molecular complexity index is 556. The van der Waals surface area contributed by atoms with Crippen LogP contribution in [0, 0.1) is 0 Å². The number of likely N-dealkylation sites (tertiary alicyclic amines) is 1. The second-order valence-electron chi connectivity index (χ2n) is 6.31. The van der Waals surface area contributed by atoms with Crippen LogP contribution in [0.15, 0.2) is 12.2 Å². The molecule has 0 atom stereocenters. The topological polar surface area (TPSA) is 133 Å². The van der Waals surface area contributed by atoms with Crippen LogP contribution in [0.4, 0.5) is 0 Å². The van der Waals surface area contributed by atoms with Gasteiger partial charge in [0.2, 0.25) is 11.8 Å². The lowest BCUT2D eigenvalue weighted by molar-refractivity contribution is -0.301. The van der Waals surface area contributed by atoms with Gasteiger partial charge < -0.3 is 34.3 Å². The summed E-state index contributed by atoms with van der Waals surface area (Å²) in [5, 5.41) is 18.8. The van der Waals surface area contributed by atoms with Gasteiger partial charge in [0.1, 0.15) is 0 Å². The molecule has 0 bridgehead atoms. The third kappa shape index (κ3) is 9.47. The van der Waals surface area contributed by atoms with Crippen molar-refractivity contribution in [1.82, 2.24) is 14.7 Å². The molecule has 2 aliphatic heterocycles. The maximum Gasteiger partial charge on any atom is 0.242 e. The van der Waals surface area contributed by atoms with E-state index in [-0.39, 0.29) is 18.4 Å². The van der Waals surface area contributed by atoms with Gasteiger partial charge in [-0.2, -0.15) is 0 Å². The van der Waals surface area contributed by atoms with Crippen LogP contribution in [0.3, 0.4) is 0 Å². The Balaban J connectivity index is 0.000000416. The largest absolute Gasteiger partial charge is 0.545 e. The van der Waals surface area contributed by atoms with Crippen molar-refractivity contribution in [3.8, 4) is 0 Å². The zero-order chi connectivity index (χ0) is 20.9. The fourth-order valence-corrected chi connectivity index (χ4v) is 2.83. The first-order valence-electron chi connectivity index (χ1n) is 9.29. The third-order valence-corrected chi connectivity index (χ3v) is 4.33. The molecule has 28 heavy (non-hydrogen) atoms. The minimum absolute atomic E-state index is 0.0877. The quantitative estimate of drug-likeness (QED) is 0.309. The Morgan fingerprint density at radius 2 is 1.64 bits per heavy atom. The van der Waals surface area contributed by atoms with E-state index < -0.39 is 11.9 Å². The van der Waals surface area contributed by atoms with Gasteiger partial charge in [0.25, 0.3) is 0 Å². The van der Waals surface area contributed by atoms with Gasteiger partial charge in [-0.3, -0.25) is 14.5 Å². The molecule has 10 heteroatoms. The Morgan fingerprint density at radius 1 is 1.04 bits per heavy atom. The molecule has 0 spiro atoms. The summed E-state index contributed by atoms with van der Waals surface area (Å²) in [5.74, 6) is -2.89. The van der Waals surface area contributed by atoms with Crippen LogP contribution in [0.25, 0.3) is 0 Å². The third-order valence-electron chi connectivity index (χ3n) is 4.33. The molecule has 2 fully saturated rings. The Morgan fingerprint density at radius 3 is 2.11 bits per heavy atom. The second kappa shape index (κ2) is 12.8. The highest BCUT2D eigenvalue weighted by atomic mass is 16.5. The minimum Gasteiger partial charge on any atom is -0.545 e. The molecule has 0 radical (unpaired) electrons. The van der Waals surface area contributed by atoms with Gasteiger partial charge in [-0.1, -0.05) is 0 Å². The normalized spacial score (nSPS) is 17.5. The summed E-state index contributed by atoms with van der Waals surface area (Å²) in [7, 11) is 0. The molecular formula is C18H27N3O7-2. The van der Waals surface area contributed by atoms with Crippen molar-refractivity contribution >= 4 is 23.8 Å². The highest BCUT2D eigenvalue weighted by Crippen LogP contribution is 2.10. The molecule has 0 saturated carbocycles. The predicted octanol–water partition coefficient (Wildman–Crippen LogP) is -3.17. The fraction of sp³-hybridized carbons (Fsp3) is 0.667. The van der Waals surface area contributed by atoms with E-state index in [9.17, 15) is 29.4 Å². The van der Waals surface area contributed by atoms with E-state index in [2.05, 4.69) is 4.90 Å². The summed E-state index contributed by atoms with van der Waals surface area (Å²) in [6.45, 7) is 8.74. The van der Waals surface area contributed by atoms with E-state index in [1.807, 2.05) is 11.8 Å². The number of hydrogen-bond acceptors (Lipinski definition) is 8. The smallest absolute Gasteiger partial charge is 0.242 e. The molecule has 2 saturated heterocycles. The molecule has 158 valence electrons. The van der Waals surface area contributed by atoms with Crippen molar-refractivity contribution in [1.29, 1.82) is 0 Å². The SMILES string of the molecule is CCOCCN1CCN(C(=O)CN2CCCC2=O)CC1.O=C([O-])/C=C\C(=O)[O-]. The average molecular weight is 397 g/mol. The first-order valence-corrected chi connectivity index (χ1v) is 9.29. The molecule has 2 heterocycles. The van der Waals surface area contributed by atoms with Gasteiger partial charge in [0.05, 0.1) is 25.1 Å². The van der Waals surface area contributed by atoms with E-state index in [0.717, 1.165) is 58.9 Å². The number of aliphatic carboxylic acids is 2. The number of carboxylic acid groups (broad SMARTS) is 2. The molecule has 0 aromatic carbocycles. The minimum atomic E-state index is -1.55. The van der Waals surface area contributed by atoms with Gasteiger partial charge in [-0.15, -0.1) is 0 Å². The van der Waals surface area contributed by atoms with Crippen LogP contribution < -0.4 is 10.2 Å². The average Bonchev–Trinajstić information content (AvgIpc) is 3.06. The maximum atomic E-state index is 12.2. The number of carbonyl (C=O) groups is 4. The Kier molecular flexibility index (Phi) is 10.8. The molecule has 0 aliphatic carbocycles. The van der Waals surface area contributed by atoms with Gasteiger partial charge in [0.15, 0.2) is 0 Å². The lowest BCUT2D eigenvalue weighted by Crippen LogP contribution is -2.51. The van der Waals surface area contributed by atoms with Crippen molar-refractivity contribution < 1.29 is 34.1 Å². The van der Waals surface area contributed by atoms with Gasteiger partial charge in [0, 0.05) is 52.3 Å². The molecule has 2 rings (SSSR count). The monoisotopic (exact) mass is 397 g/mol. The van der Waals surface area contributed by atoms with Crippen LogP contribution in [0.1, 0.15) is 19.8 Å². The second-order valence-corrected chi connectivity index (χ2v) is 6.31. The number of ether oxygens (including phenoxy) is 1. The van der Waals surface area contributed by atoms with Crippen LogP contribution >= 0.6 is 0 Å². The Hall–Kier alpha value is -2.46. The van der Waals surface area contributed by atoms with Crippen molar-refractivity contribution in [3.05, 3.63) is 12.2 Å². The summed E-state index contributed by atoms with van der Waals surface area (Å²) in [4.78, 5) is 48.4. The lowest BCUT2D eigenvalue weighted by Gasteiger charge is -2.35. The Labute approximate surface area is 164 Å². The molecular weight excluding hydrogens is 370 g/mol. The standard InChI is InChI=1S/C14H25N3O3.C4H4O4/c1-2-20-11-10-15-6-8-16(9-7-15)14(19)12-17-5-3-4-13(17)18;5-3(6)1-2-4(7)8/h2-12H2,1H3;1-2H,(H,5,6)(H,7,8)/p-2/b;2-1-. The lowest BCUT2D eigenvalue weighted by atomic mass is 10.3. The zero-order valence-corrected chi connectivity index (χ0v) is 16.1. The van der Waals surface area contributed by atoms with Crippen LogP contribution in [0.5, 0.6) is 0 Å². The number of piperazine rings is 1. The number of hydrogen-bond donors (Lipinski definition) is 0. The van der Waals surface area contributed by atoms with E-state index in [0.29, 0.717) is 18.6 Å². The molecule has 0 aromatic heterocycles. The van der Waals surface area contributed by atoms with Gasteiger partial charge in [-0.05, 0) is 25.5 Å². The molecule has 0 N–H and O–H groups in total. The number of amides is 2. The molecule has 0 aromatic rings. The number of rotatable bonds is 8.